The Labute approximate surface area is 143 Å². The van der Waals surface area contributed by atoms with Gasteiger partial charge in [-0.1, -0.05) is 25.1 Å². The van der Waals surface area contributed by atoms with Crippen LogP contribution in [0.5, 0.6) is 0 Å². The predicted octanol–water partition coefficient (Wildman–Crippen LogP) is 3.01. The molecule has 0 saturated heterocycles. The Kier molecular flexibility index (Phi) is 4.99. The molecule has 0 aliphatic carbocycles. The van der Waals surface area contributed by atoms with Gasteiger partial charge in [-0.15, -0.1) is 0 Å². The molecule has 0 spiro atoms. The van der Waals surface area contributed by atoms with E-state index in [1.807, 2.05) is 6.92 Å². The first-order chi connectivity index (χ1) is 11.6. The Morgan fingerprint density at radius 2 is 2.17 bits per heavy atom. The average Bonchev–Trinajstić information content (AvgIpc) is 2.93. The van der Waals surface area contributed by atoms with Gasteiger partial charge in [0.05, 0.1) is 6.04 Å². The minimum Gasteiger partial charge on any atom is -0.326 e. The fraction of sp³-hybridized carbons (Fsp3) is 0.353. The number of halogens is 1. The van der Waals surface area contributed by atoms with Crippen molar-refractivity contribution in [3.05, 3.63) is 52.2 Å². The maximum Gasteiger partial charge on any atom is 0.254 e. The van der Waals surface area contributed by atoms with Crippen LogP contribution in [0.15, 0.2) is 40.3 Å². The van der Waals surface area contributed by atoms with Crippen molar-refractivity contribution in [2.75, 3.05) is 11.1 Å². The number of hydrogen-bond donors (Lipinski definition) is 1. The van der Waals surface area contributed by atoms with E-state index in [1.54, 1.807) is 10.6 Å². The minimum atomic E-state index is -0.352. The molecular formula is C17H18FN3O2S. The van der Waals surface area contributed by atoms with Gasteiger partial charge in [-0.25, -0.2) is 9.37 Å². The number of nitrogens with zero attached hydrogens (tertiary/aromatic N) is 2. The van der Waals surface area contributed by atoms with Crippen LogP contribution < -0.4 is 10.9 Å². The van der Waals surface area contributed by atoms with E-state index in [4.69, 9.17) is 0 Å². The highest BCUT2D eigenvalue weighted by Gasteiger charge is 2.27. The summed E-state index contributed by atoms with van der Waals surface area (Å²) in [7, 11) is 0. The number of benzene rings is 1. The Morgan fingerprint density at radius 1 is 1.42 bits per heavy atom. The number of carbonyl (C=O) groups is 1. The van der Waals surface area contributed by atoms with Gasteiger partial charge in [-0.2, -0.15) is 0 Å². The molecule has 2 heterocycles. The van der Waals surface area contributed by atoms with Gasteiger partial charge in [0, 0.05) is 29.6 Å². The first-order valence-corrected chi connectivity index (χ1v) is 8.86. The summed E-state index contributed by atoms with van der Waals surface area (Å²) in [4.78, 5) is 29.0. The van der Waals surface area contributed by atoms with E-state index in [1.165, 1.54) is 36.0 Å². The number of aromatic nitrogens is 2. The molecule has 3 rings (SSSR count). The highest BCUT2D eigenvalue weighted by molar-refractivity contribution is 7.99. The lowest BCUT2D eigenvalue weighted by atomic mass is 10.2. The lowest BCUT2D eigenvalue weighted by molar-refractivity contribution is -0.116. The monoisotopic (exact) mass is 347 g/mol. The molecular weight excluding hydrogens is 329 g/mol. The van der Waals surface area contributed by atoms with Crippen LogP contribution in [0, 0.1) is 5.82 Å². The topological polar surface area (TPSA) is 64.0 Å². The highest BCUT2D eigenvalue weighted by atomic mass is 32.2. The third kappa shape index (κ3) is 3.67. The summed E-state index contributed by atoms with van der Waals surface area (Å²) in [5, 5.41) is 3.41. The number of rotatable bonds is 5. The van der Waals surface area contributed by atoms with Crippen molar-refractivity contribution in [3.63, 3.8) is 0 Å². The van der Waals surface area contributed by atoms with Gasteiger partial charge in [0.1, 0.15) is 5.82 Å². The quantitative estimate of drug-likeness (QED) is 0.845. The average molecular weight is 347 g/mol. The maximum absolute atomic E-state index is 12.9. The summed E-state index contributed by atoms with van der Waals surface area (Å²) in [6.45, 7) is 2.04. The van der Waals surface area contributed by atoms with Crippen molar-refractivity contribution in [2.24, 2.45) is 0 Å². The molecule has 1 aromatic heterocycles. The SMILES string of the molecule is CCCc1cc(=O)n2c(n1)SCC2CC(=O)Nc1ccc(F)cc1. The van der Waals surface area contributed by atoms with E-state index in [9.17, 15) is 14.0 Å². The predicted molar refractivity (Wildman–Crippen MR) is 91.9 cm³/mol. The molecule has 1 unspecified atom stereocenters. The van der Waals surface area contributed by atoms with Crippen LogP contribution in [-0.2, 0) is 11.2 Å². The molecule has 1 amide bonds. The summed E-state index contributed by atoms with van der Waals surface area (Å²) in [6, 6.07) is 6.95. The third-order valence-electron chi connectivity index (χ3n) is 3.80. The fourth-order valence-electron chi connectivity index (χ4n) is 2.69. The Morgan fingerprint density at radius 3 is 2.88 bits per heavy atom. The number of amides is 1. The highest BCUT2D eigenvalue weighted by Crippen LogP contribution is 2.32. The molecule has 1 atom stereocenters. The smallest absolute Gasteiger partial charge is 0.254 e. The lowest BCUT2D eigenvalue weighted by Gasteiger charge is -2.13. The molecule has 1 aliphatic rings. The second-order valence-corrected chi connectivity index (χ2v) is 6.70. The molecule has 1 N–H and O–H groups in total. The third-order valence-corrected chi connectivity index (χ3v) is 4.90. The van der Waals surface area contributed by atoms with Crippen molar-refractivity contribution in [1.82, 2.24) is 9.55 Å². The number of fused-ring (bicyclic) bond motifs is 1. The summed E-state index contributed by atoms with van der Waals surface area (Å²) in [5.41, 5.74) is 1.24. The van der Waals surface area contributed by atoms with Gasteiger partial charge < -0.3 is 5.32 Å². The molecule has 7 heteroatoms. The Balaban J connectivity index is 1.71. The maximum atomic E-state index is 12.9. The van der Waals surface area contributed by atoms with Crippen LogP contribution in [0.1, 0.15) is 31.5 Å². The van der Waals surface area contributed by atoms with E-state index in [0.29, 0.717) is 16.6 Å². The van der Waals surface area contributed by atoms with E-state index in [-0.39, 0.29) is 29.7 Å². The van der Waals surface area contributed by atoms with Crippen LogP contribution in [0.3, 0.4) is 0 Å². The molecule has 5 nitrogen and oxygen atoms in total. The molecule has 1 aromatic carbocycles. The zero-order chi connectivity index (χ0) is 17.1. The zero-order valence-corrected chi connectivity index (χ0v) is 14.1. The van der Waals surface area contributed by atoms with Gasteiger partial charge in [-0.05, 0) is 30.7 Å². The molecule has 0 saturated carbocycles. The van der Waals surface area contributed by atoms with Crippen LogP contribution in [-0.4, -0.2) is 21.2 Å². The van der Waals surface area contributed by atoms with Gasteiger partial charge in [0.2, 0.25) is 5.91 Å². The first kappa shape index (κ1) is 16.7. The second-order valence-electron chi connectivity index (χ2n) is 5.71. The lowest BCUT2D eigenvalue weighted by Crippen LogP contribution is -2.27. The molecule has 0 fully saturated rings. The van der Waals surface area contributed by atoms with Crippen LogP contribution in [0.2, 0.25) is 0 Å². The minimum absolute atomic E-state index is 0.104. The van der Waals surface area contributed by atoms with Crippen LogP contribution in [0.25, 0.3) is 0 Å². The van der Waals surface area contributed by atoms with Gasteiger partial charge in [-0.3, -0.25) is 14.2 Å². The van der Waals surface area contributed by atoms with Gasteiger partial charge in [0.25, 0.3) is 5.56 Å². The van der Waals surface area contributed by atoms with Crippen molar-refractivity contribution in [2.45, 2.75) is 37.4 Å². The van der Waals surface area contributed by atoms with Crippen molar-refractivity contribution >= 4 is 23.4 Å². The fourth-order valence-corrected chi connectivity index (χ4v) is 3.86. The number of carbonyl (C=O) groups excluding carboxylic acids is 1. The molecule has 24 heavy (non-hydrogen) atoms. The summed E-state index contributed by atoms with van der Waals surface area (Å²) < 4.78 is 14.5. The van der Waals surface area contributed by atoms with Gasteiger partial charge in [0.15, 0.2) is 5.16 Å². The normalized spacial score (nSPS) is 16.0. The number of hydrogen-bond acceptors (Lipinski definition) is 4. The zero-order valence-electron chi connectivity index (χ0n) is 13.3. The van der Waals surface area contributed by atoms with Crippen molar-refractivity contribution < 1.29 is 9.18 Å². The standard InChI is InChI=1S/C17H18FN3O2S/c1-2-3-13-8-16(23)21-14(10-24-17(21)20-13)9-15(22)19-12-6-4-11(18)5-7-12/h4-8,14H,2-3,9-10H2,1H3,(H,19,22). The van der Waals surface area contributed by atoms with E-state index >= 15 is 0 Å². The molecule has 126 valence electrons. The molecule has 2 aromatic rings. The molecule has 0 bridgehead atoms. The first-order valence-electron chi connectivity index (χ1n) is 7.87. The van der Waals surface area contributed by atoms with E-state index < -0.39 is 0 Å². The van der Waals surface area contributed by atoms with Crippen molar-refractivity contribution in [1.29, 1.82) is 0 Å². The summed E-state index contributed by atoms with van der Waals surface area (Å²) in [5.74, 6) is 0.0912. The second kappa shape index (κ2) is 7.17. The van der Waals surface area contributed by atoms with Crippen LogP contribution in [0.4, 0.5) is 10.1 Å². The van der Waals surface area contributed by atoms with E-state index in [0.717, 1.165) is 18.5 Å². The summed E-state index contributed by atoms with van der Waals surface area (Å²) >= 11 is 1.50. The van der Waals surface area contributed by atoms with Crippen LogP contribution >= 0.6 is 11.8 Å². The number of aryl methyl sites for hydroxylation is 1. The summed E-state index contributed by atoms with van der Waals surface area (Å²) in [6.07, 6.45) is 1.90. The van der Waals surface area contributed by atoms with E-state index in [2.05, 4.69) is 10.3 Å². The van der Waals surface area contributed by atoms with Gasteiger partial charge >= 0.3 is 0 Å². The van der Waals surface area contributed by atoms with Crippen molar-refractivity contribution in [3.8, 4) is 0 Å². The molecule has 1 aliphatic heterocycles. The Hall–Kier alpha value is -2.15. The number of anilines is 1. The number of thioether (sulfide) groups is 1. The largest absolute Gasteiger partial charge is 0.326 e. The Bertz CT molecular complexity index is 804. The molecule has 0 radical (unpaired) electrons. The number of nitrogens with one attached hydrogen (secondary N) is 1.